The Bertz CT molecular complexity index is 392. The van der Waals surface area contributed by atoms with Crippen molar-refractivity contribution in [2.45, 2.75) is 84.5 Å². The molecule has 2 nitrogen and oxygen atoms in total. The maximum absolute atomic E-state index is 4.47. The molecule has 0 saturated heterocycles. The first-order valence-corrected chi connectivity index (χ1v) is 9.70. The molecule has 0 aromatic heterocycles. The lowest BCUT2D eigenvalue weighted by Gasteiger charge is -2.16. The summed E-state index contributed by atoms with van der Waals surface area (Å²) in [4.78, 5) is 8.58. The Hall–Kier alpha value is -1.44. The fraction of sp³-hybridized carbons (Fsp3) is 0.636. The summed E-state index contributed by atoms with van der Waals surface area (Å²) in [5.41, 5.74) is 1.68. The second kappa shape index (κ2) is 16.4. The van der Waals surface area contributed by atoms with Crippen molar-refractivity contribution < 1.29 is 0 Å². The van der Waals surface area contributed by atoms with Crippen molar-refractivity contribution in [3.8, 4) is 0 Å². The first-order chi connectivity index (χ1) is 11.7. The van der Waals surface area contributed by atoms with Crippen LogP contribution < -0.4 is 0 Å². The van der Waals surface area contributed by atoms with Crippen LogP contribution in [0.25, 0.3) is 0 Å². The maximum Gasteiger partial charge on any atom is 0.0806 e. The van der Waals surface area contributed by atoms with Gasteiger partial charge in [0.1, 0.15) is 0 Å². The average molecular weight is 331 g/mol. The molecule has 0 amide bonds. The minimum atomic E-state index is 0.715. The zero-order valence-electron chi connectivity index (χ0n) is 16.1. The number of allylic oxidation sites excluding steroid dienone is 2. The van der Waals surface area contributed by atoms with E-state index in [4.69, 9.17) is 0 Å². The zero-order chi connectivity index (χ0) is 18.0. The lowest BCUT2D eigenvalue weighted by Crippen LogP contribution is -2.03. The normalized spacial score (nSPS) is 12.0. The van der Waals surface area contributed by atoms with Crippen molar-refractivity contribution in [1.82, 2.24) is 0 Å². The summed E-state index contributed by atoms with van der Waals surface area (Å²) in [6.45, 7) is 16.0. The van der Waals surface area contributed by atoms with Crippen LogP contribution >= 0.6 is 0 Å². The van der Waals surface area contributed by atoms with Crippen molar-refractivity contribution in [2.75, 3.05) is 0 Å². The molecule has 136 valence electrons. The van der Waals surface area contributed by atoms with E-state index in [0.29, 0.717) is 5.92 Å². The van der Waals surface area contributed by atoms with Gasteiger partial charge < -0.3 is 0 Å². The first kappa shape index (κ1) is 22.6. The second-order valence-electron chi connectivity index (χ2n) is 6.53. The Morgan fingerprint density at radius 3 is 1.96 bits per heavy atom. The van der Waals surface area contributed by atoms with Gasteiger partial charge >= 0.3 is 0 Å². The molecule has 24 heavy (non-hydrogen) atoms. The smallest absolute Gasteiger partial charge is 0.0806 e. The fourth-order valence-electron chi connectivity index (χ4n) is 2.86. The highest BCUT2D eigenvalue weighted by Gasteiger charge is 2.10. The highest BCUT2D eigenvalue weighted by atomic mass is 14.8. The number of aliphatic imine (C=N–C) groups is 2. The molecule has 0 bridgehead atoms. The molecule has 0 saturated carbocycles. The first-order valence-electron chi connectivity index (χ1n) is 9.70. The standard InChI is InChI=1S/C22H38N2/c1-6-10-12-14-16-21(17-15-13-11-7-2)18-20(5)24-19-22(8-3)23-9-4/h8-9,19,21H,3-7,10-18H2,1-2H3. The van der Waals surface area contributed by atoms with E-state index in [1.165, 1.54) is 70.4 Å². The molecule has 0 aromatic carbocycles. The van der Waals surface area contributed by atoms with Gasteiger partial charge in [-0.3, -0.25) is 9.98 Å². The van der Waals surface area contributed by atoms with Crippen molar-refractivity contribution in [1.29, 1.82) is 0 Å². The van der Waals surface area contributed by atoms with Gasteiger partial charge in [0.05, 0.1) is 11.9 Å². The van der Waals surface area contributed by atoms with Crippen LogP contribution in [-0.2, 0) is 0 Å². The minimum Gasteiger partial charge on any atom is -0.260 e. The van der Waals surface area contributed by atoms with Crippen molar-refractivity contribution in [3.63, 3.8) is 0 Å². The van der Waals surface area contributed by atoms with Crippen LogP contribution in [0.2, 0.25) is 0 Å². The third kappa shape index (κ3) is 13.0. The lowest BCUT2D eigenvalue weighted by molar-refractivity contribution is 0.402. The van der Waals surface area contributed by atoms with Crippen LogP contribution in [0.15, 0.2) is 47.7 Å². The SMILES string of the molecule is C=CN=C(C=C)C=NC(=C)CC(CCCCCC)CCCCCC. The van der Waals surface area contributed by atoms with E-state index in [-0.39, 0.29) is 0 Å². The minimum absolute atomic E-state index is 0.715. The predicted octanol–water partition coefficient (Wildman–Crippen LogP) is 7.29. The van der Waals surface area contributed by atoms with Crippen molar-refractivity contribution >= 4 is 11.9 Å². The van der Waals surface area contributed by atoms with Crippen LogP contribution in [0.3, 0.4) is 0 Å². The van der Waals surface area contributed by atoms with Gasteiger partial charge in [0.15, 0.2) is 0 Å². The summed E-state index contributed by atoms with van der Waals surface area (Å²) in [7, 11) is 0. The second-order valence-corrected chi connectivity index (χ2v) is 6.53. The molecule has 0 atom stereocenters. The van der Waals surface area contributed by atoms with E-state index < -0.39 is 0 Å². The largest absolute Gasteiger partial charge is 0.260 e. The summed E-state index contributed by atoms with van der Waals surface area (Å²) in [5, 5.41) is 0. The molecule has 0 aromatic rings. The number of nitrogens with zero attached hydrogens (tertiary/aromatic N) is 2. The van der Waals surface area contributed by atoms with Crippen LogP contribution in [-0.4, -0.2) is 11.9 Å². The Labute approximate surface area is 150 Å². The summed E-state index contributed by atoms with van der Waals surface area (Å²) >= 11 is 0. The summed E-state index contributed by atoms with van der Waals surface area (Å²) in [6, 6.07) is 0. The fourth-order valence-corrected chi connectivity index (χ4v) is 2.86. The predicted molar refractivity (Wildman–Crippen MR) is 111 cm³/mol. The molecule has 0 unspecified atom stereocenters. The van der Waals surface area contributed by atoms with Crippen molar-refractivity contribution in [3.05, 3.63) is 37.7 Å². The van der Waals surface area contributed by atoms with Gasteiger partial charge in [-0.05, 0) is 18.4 Å². The number of hydrogen-bond acceptors (Lipinski definition) is 2. The molecule has 0 spiro atoms. The quantitative estimate of drug-likeness (QED) is 0.210. The Kier molecular flexibility index (Phi) is 15.4. The third-order valence-corrected chi connectivity index (χ3v) is 4.29. The van der Waals surface area contributed by atoms with Crippen molar-refractivity contribution in [2.24, 2.45) is 15.9 Å². The summed E-state index contributed by atoms with van der Waals surface area (Å²) in [6.07, 6.45) is 19.2. The number of unbranched alkanes of at least 4 members (excludes halogenated alkanes) is 6. The number of hydrogen-bond donors (Lipinski definition) is 0. The molecular formula is C22H38N2. The van der Waals surface area contributed by atoms with E-state index in [1.807, 2.05) is 0 Å². The average Bonchev–Trinajstić information content (AvgIpc) is 2.58. The molecule has 0 radical (unpaired) electrons. The van der Waals surface area contributed by atoms with Gasteiger partial charge in [0.25, 0.3) is 0 Å². The van der Waals surface area contributed by atoms with Gasteiger partial charge in [0, 0.05) is 11.9 Å². The molecule has 0 aliphatic heterocycles. The van der Waals surface area contributed by atoms with E-state index >= 15 is 0 Å². The van der Waals surface area contributed by atoms with E-state index in [9.17, 15) is 0 Å². The molecule has 0 rings (SSSR count). The van der Waals surface area contributed by atoms with E-state index in [1.54, 1.807) is 12.3 Å². The molecule has 0 fully saturated rings. The molecule has 0 heterocycles. The molecular weight excluding hydrogens is 292 g/mol. The Morgan fingerprint density at radius 2 is 1.50 bits per heavy atom. The third-order valence-electron chi connectivity index (χ3n) is 4.29. The van der Waals surface area contributed by atoms with E-state index in [2.05, 4.69) is 43.6 Å². The Morgan fingerprint density at radius 1 is 0.917 bits per heavy atom. The van der Waals surface area contributed by atoms with Crippen LogP contribution in [0.4, 0.5) is 0 Å². The zero-order valence-corrected chi connectivity index (χ0v) is 16.1. The molecule has 2 heteroatoms. The maximum atomic E-state index is 4.47. The number of rotatable bonds is 16. The lowest BCUT2D eigenvalue weighted by atomic mass is 9.91. The van der Waals surface area contributed by atoms with Gasteiger partial charge in [-0.1, -0.05) is 97.8 Å². The van der Waals surface area contributed by atoms with Crippen LogP contribution in [0, 0.1) is 5.92 Å². The van der Waals surface area contributed by atoms with Crippen LogP contribution in [0.5, 0.6) is 0 Å². The van der Waals surface area contributed by atoms with Gasteiger partial charge in [-0.2, -0.15) is 0 Å². The van der Waals surface area contributed by atoms with Gasteiger partial charge in [-0.25, -0.2) is 0 Å². The highest BCUT2D eigenvalue weighted by Crippen LogP contribution is 2.24. The molecule has 0 aliphatic rings. The van der Waals surface area contributed by atoms with Crippen LogP contribution in [0.1, 0.15) is 84.5 Å². The summed E-state index contributed by atoms with van der Waals surface area (Å²) in [5.74, 6) is 0.715. The van der Waals surface area contributed by atoms with Gasteiger partial charge in [0.2, 0.25) is 0 Å². The monoisotopic (exact) mass is 330 g/mol. The molecule has 0 N–H and O–H groups in total. The highest BCUT2D eigenvalue weighted by molar-refractivity contribution is 6.36. The van der Waals surface area contributed by atoms with Gasteiger partial charge in [-0.15, -0.1) is 0 Å². The summed E-state index contributed by atoms with van der Waals surface area (Å²) < 4.78 is 0. The Balaban J connectivity index is 4.44. The molecule has 0 aliphatic carbocycles. The topological polar surface area (TPSA) is 24.7 Å². The van der Waals surface area contributed by atoms with E-state index in [0.717, 1.165) is 17.8 Å².